The first-order valence-corrected chi connectivity index (χ1v) is 9.45. The van der Waals surface area contributed by atoms with Gasteiger partial charge in [-0.2, -0.15) is 0 Å². The summed E-state index contributed by atoms with van der Waals surface area (Å²) >= 11 is 0. The van der Waals surface area contributed by atoms with Crippen LogP contribution in [-0.2, 0) is 16.1 Å². The summed E-state index contributed by atoms with van der Waals surface area (Å²) in [6.07, 6.45) is 0. The summed E-state index contributed by atoms with van der Waals surface area (Å²) < 4.78 is 24.7. The van der Waals surface area contributed by atoms with Crippen molar-refractivity contribution in [1.82, 2.24) is 5.32 Å². The molecular weight excluding hydrogens is 409 g/mol. The number of nitro groups is 1. The SMILES string of the molecule is C[N+](C)(C)CCOC(=O)COc1cc(F)ccc1C(=O)NCc1cccc([N+](=O)[O-])c1. The minimum absolute atomic E-state index is 0.0183. The second-order valence-corrected chi connectivity index (χ2v) is 7.77. The van der Waals surface area contributed by atoms with Crippen molar-refractivity contribution in [2.24, 2.45) is 0 Å². The molecule has 2 aromatic carbocycles. The van der Waals surface area contributed by atoms with Gasteiger partial charge in [-0.05, 0) is 17.7 Å². The summed E-state index contributed by atoms with van der Waals surface area (Å²) in [5, 5.41) is 13.5. The minimum atomic E-state index is -0.638. The van der Waals surface area contributed by atoms with Crippen molar-refractivity contribution in [3.8, 4) is 5.75 Å². The number of quaternary nitrogens is 1. The smallest absolute Gasteiger partial charge is 0.344 e. The van der Waals surface area contributed by atoms with Gasteiger partial charge in [0.05, 0.1) is 31.6 Å². The van der Waals surface area contributed by atoms with E-state index in [9.17, 15) is 24.1 Å². The molecule has 0 aromatic heterocycles. The van der Waals surface area contributed by atoms with Crippen molar-refractivity contribution < 1.29 is 32.9 Å². The Hall–Kier alpha value is -3.53. The molecule has 1 amide bonds. The van der Waals surface area contributed by atoms with Gasteiger partial charge >= 0.3 is 5.97 Å². The molecule has 0 heterocycles. The maximum absolute atomic E-state index is 13.6. The third-order valence-corrected chi connectivity index (χ3v) is 4.13. The molecule has 0 aliphatic carbocycles. The molecule has 0 unspecified atom stereocenters. The summed E-state index contributed by atoms with van der Waals surface area (Å²) in [6, 6.07) is 9.15. The fourth-order valence-corrected chi connectivity index (χ4v) is 2.47. The van der Waals surface area contributed by atoms with Crippen molar-refractivity contribution in [2.45, 2.75) is 6.54 Å². The number of carbonyl (C=O) groups is 2. The lowest BCUT2D eigenvalue weighted by Gasteiger charge is -2.23. The predicted octanol–water partition coefficient (Wildman–Crippen LogP) is 2.29. The Kier molecular flexibility index (Phi) is 8.03. The van der Waals surface area contributed by atoms with E-state index >= 15 is 0 Å². The second-order valence-electron chi connectivity index (χ2n) is 7.77. The highest BCUT2D eigenvalue weighted by Gasteiger charge is 2.16. The van der Waals surface area contributed by atoms with E-state index in [-0.39, 0.29) is 30.2 Å². The molecular formula is C21H25FN3O6+. The number of esters is 1. The van der Waals surface area contributed by atoms with E-state index in [1.165, 1.54) is 24.3 Å². The standard InChI is InChI=1S/C21H24FN3O6/c1-25(2,3)9-10-30-20(26)14-31-19-12-16(22)7-8-18(19)21(27)23-13-15-5-4-6-17(11-15)24(28)29/h4-8,11-12H,9-10,13-14H2,1-3H3/p+1. The number of likely N-dealkylation sites (N-methyl/N-ethyl adjacent to an activating group) is 1. The normalized spacial score (nSPS) is 11.0. The zero-order valence-corrected chi connectivity index (χ0v) is 17.6. The van der Waals surface area contributed by atoms with Crippen LogP contribution in [-0.4, -0.2) is 62.2 Å². The van der Waals surface area contributed by atoms with Crippen molar-refractivity contribution in [2.75, 3.05) is 40.9 Å². The number of nitrogens with one attached hydrogen (secondary N) is 1. The van der Waals surface area contributed by atoms with Gasteiger partial charge in [0.15, 0.2) is 6.61 Å². The molecule has 0 saturated carbocycles. The Balaban J connectivity index is 1.98. The Bertz CT molecular complexity index is 958. The van der Waals surface area contributed by atoms with Gasteiger partial charge in [-0.3, -0.25) is 14.9 Å². The number of halogens is 1. The molecule has 2 aromatic rings. The zero-order chi connectivity index (χ0) is 23.0. The molecule has 10 heteroatoms. The lowest BCUT2D eigenvalue weighted by atomic mass is 10.1. The highest BCUT2D eigenvalue weighted by molar-refractivity contribution is 5.97. The highest BCUT2D eigenvalue weighted by Crippen LogP contribution is 2.20. The number of hydrogen-bond acceptors (Lipinski definition) is 6. The van der Waals surface area contributed by atoms with Gasteiger partial charge in [0.2, 0.25) is 0 Å². The van der Waals surface area contributed by atoms with Crippen LogP contribution in [0.15, 0.2) is 42.5 Å². The molecule has 1 N–H and O–H groups in total. The summed E-state index contributed by atoms with van der Waals surface area (Å²) in [4.78, 5) is 34.7. The fraction of sp³-hybridized carbons (Fsp3) is 0.333. The van der Waals surface area contributed by atoms with Crippen LogP contribution in [0.5, 0.6) is 5.75 Å². The maximum Gasteiger partial charge on any atom is 0.344 e. The predicted molar refractivity (Wildman–Crippen MR) is 110 cm³/mol. The van der Waals surface area contributed by atoms with Crippen LogP contribution >= 0.6 is 0 Å². The summed E-state index contributed by atoms with van der Waals surface area (Å²) in [5.41, 5.74) is 0.445. The molecule has 31 heavy (non-hydrogen) atoms. The van der Waals surface area contributed by atoms with Crippen molar-refractivity contribution in [1.29, 1.82) is 0 Å². The van der Waals surface area contributed by atoms with Gasteiger partial charge in [0, 0.05) is 24.7 Å². The Labute approximate surface area is 179 Å². The number of hydrogen-bond donors (Lipinski definition) is 1. The Morgan fingerprint density at radius 2 is 1.90 bits per heavy atom. The molecule has 0 saturated heterocycles. The van der Waals surface area contributed by atoms with Gasteiger partial charge in [0.25, 0.3) is 11.6 Å². The number of nitrogens with zero attached hydrogens (tertiary/aromatic N) is 2. The average Bonchev–Trinajstić information content (AvgIpc) is 2.69. The van der Waals surface area contributed by atoms with Crippen LogP contribution in [0.4, 0.5) is 10.1 Å². The number of nitro benzene ring substituents is 1. The summed E-state index contributed by atoms with van der Waals surface area (Å²) in [7, 11) is 5.86. The molecule has 0 spiro atoms. The van der Waals surface area contributed by atoms with Crippen LogP contribution in [0, 0.1) is 15.9 Å². The van der Waals surface area contributed by atoms with Crippen LogP contribution in [0.1, 0.15) is 15.9 Å². The maximum atomic E-state index is 13.6. The van der Waals surface area contributed by atoms with Gasteiger partial charge in [0.1, 0.15) is 24.7 Å². The molecule has 0 bridgehead atoms. The van der Waals surface area contributed by atoms with E-state index in [0.717, 1.165) is 12.1 Å². The van der Waals surface area contributed by atoms with Crippen molar-refractivity contribution >= 4 is 17.6 Å². The highest BCUT2D eigenvalue weighted by atomic mass is 19.1. The van der Waals surface area contributed by atoms with E-state index in [0.29, 0.717) is 16.6 Å². The van der Waals surface area contributed by atoms with Crippen LogP contribution in [0.3, 0.4) is 0 Å². The topological polar surface area (TPSA) is 108 Å². The molecule has 0 atom stereocenters. The van der Waals surface area contributed by atoms with E-state index in [4.69, 9.17) is 9.47 Å². The second kappa shape index (κ2) is 10.5. The number of carbonyl (C=O) groups excluding carboxylic acids is 2. The van der Waals surface area contributed by atoms with Crippen molar-refractivity contribution in [3.05, 3.63) is 69.5 Å². The monoisotopic (exact) mass is 434 g/mol. The minimum Gasteiger partial charge on any atom is -0.481 e. The number of amides is 1. The van der Waals surface area contributed by atoms with E-state index in [2.05, 4.69) is 5.32 Å². The van der Waals surface area contributed by atoms with Gasteiger partial charge in [-0.25, -0.2) is 9.18 Å². The third-order valence-electron chi connectivity index (χ3n) is 4.13. The molecule has 0 fully saturated rings. The molecule has 9 nitrogen and oxygen atoms in total. The number of non-ortho nitro benzene ring substituents is 1. The number of rotatable bonds is 10. The first kappa shape index (κ1) is 23.7. The largest absolute Gasteiger partial charge is 0.481 e. The molecule has 0 aliphatic heterocycles. The van der Waals surface area contributed by atoms with E-state index in [1.807, 2.05) is 21.1 Å². The lowest BCUT2D eigenvalue weighted by Crippen LogP contribution is -2.38. The number of ether oxygens (including phenoxy) is 2. The van der Waals surface area contributed by atoms with E-state index in [1.54, 1.807) is 6.07 Å². The van der Waals surface area contributed by atoms with Gasteiger partial charge in [-0.1, -0.05) is 12.1 Å². The molecule has 166 valence electrons. The molecule has 2 rings (SSSR count). The first-order valence-electron chi connectivity index (χ1n) is 9.45. The third kappa shape index (κ3) is 8.01. The van der Waals surface area contributed by atoms with Crippen molar-refractivity contribution in [3.63, 3.8) is 0 Å². The summed E-state index contributed by atoms with van der Waals surface area (Å²) in [6.45, 7) is 0.346. The van der Waals surface area contributed by atoms with Gasteiger partial charge in [-0.15, -0.1) is 0 Å². The molecule has 0 radical (unpaired) electrons. The number of benzene rings is 2. The summed E-state index contributed by atoms with van der Waals surface area (Å²) in [5.74, 6) is -1.97. The van der Waals surface area contributed by atoms with E-state index < -0.39 is 29.2 Å². The quantitative estimate of drug-likeness (QED) is 0.266. The van der Waals surface area contributed by atoms with Crippen LogP contribution in [0.2, 0.25) is 0 Å². The van der Waals surface area contributed by atoms with Crippen LogP contribution < -0.4 is 10.1 Å². The van der Waals surface area contributed by atoms with Gasteiger partial charge < -0.3 is 19.3 Å². The molecule has 0 aliphatic rings. The zero-order valence-electron chi connectivity index (χ0n) is 17.6. The first-order chi connectivity index (χ1) is 14.5. The fourth-order valence-electron chi connectivity index (χ4n) is 2.47. The average molecular weight is 434 g/mol. The Morgan fingerprint density at radius 3 is 2.58 bits per heavy atom. The lowest BCUT2D eigenvalue weighted by molar-refractivity contribution is -0.870. The Morgan fingerprint density at radius 1 is 1.16 bits per heavy atom. The van der Waals surface area contributed by atoms with Crippen LogP contribution in [0.25, 0.3) is 0 Å².